The molecule has 0 saturated carbocycles. The van der Waals surface area contributed by atoms with Crippen LogP contribution in [0, 0.1) is 11.3 Å². The molecule has 2 heterocycles. The van der Waals surface area contributed by atoms with Crippen LogP contribution in [-0.2, 0) is 7.05 Å². The Morgan fingerprint density at radius 3 is 2.95 bits per heavy atom. The van der Waals surface area contributed by atoms with Gasteiger partial charge in [-0.05, 0) is 6.07 Å². The number of hydrogen-bond acceptors (Lipinski definition) is 4. The molecule has 0 aliphatic heterocycles. The highest BCUT2D eigenvalue weighted by atomic mass is 16.3. The molecule has 5 nitrogen and oxygen atoms in total. The number of aromatic nitrogens is 2. The molecular weight excluding hydrogens is 242 g/mol. The fourth-order valence-electron chi connectivity index (χ4n) is 1.99. The Bertz CT molecular complexity index is 868. The molecule has 0 N–H and O–H groups in total. The van der Waals surface area contributed by atoms with Crippen LogP contribution in [0.2, 0.25) is 0 Å². The molecule has 0 aliphatic rings. The van der Waals surface area contributed by atoms with E-state index in [2.05, 4.69) is 11.1 Å². The van der Waals surface area contributed by atoms with E-state index in [1.54, 1.807) is 7.05 Å². The van der Waals surface area contributed by atoms with Crippen molar-refractivity contribution in [2.24, 2.45) is 7.05 Å². The monoisotopic (exact) mass is 251 g/mol. The summed E-state index contributed by atoms with van der Waals surface area (Å²) < 4.78 is 6.70. The van der Waals surface area contributed by atoms with E-state index in [9.17, 15) is 4.79 Å². The van der Waals surface area contributed by atoms with Crippen molar-refractivity contribution in [2.45, 2.75) is 0 Å². The van der Waals surface area contributed by atoms with Gasteiger partial charge in [0.1, 0.15) is 17.9 Å². The Labute approximate surface area is 108 Å². The molecule has 0 fully saturated rings. The van der Waals surface area contributed by atoms with Gasteiger partial charge in [0.2, 0.25) is 0 Å². The topological polar surface area (TPSA) is 71.8 Å². The van der Waals surface area contributed by atoms with E-state index in [1.807, 2.05) is 24.3 Å². The number of hydrogen-bond donors (Lipinski definition) is 0. The molecule has 1 aromatic carbocycles. The Morgan fingerprint density at radius 2 is 2.16 bits per heavy atom. The van der Waals surface area contributed by atoms with Gasteiger partial charge in [-0.15, -0.1) is 0 Å². The highest BCUT2D eigenvalue weighted by Gasteiger charge is 2.14. The molecule has 0 spiro atoms. The molecule has 5 heteroatoms. The van der Waals surface area contributed by atoms with Crippen LogP contribution < -0.4 is 5.69 Å². The lowest BCUT2D eigenvalue weighted by atomic mass is 10.1. The zero-order valence-corrected chi connectivity index (χ0v) is 10.1. The van der Waals surface area contributed by atoms with Crippen molar-refractivity contribution in [3.8, 4) is 17.3 Å². The van der Waals surface area contributed by atoms with Crippen molar-refractivity contribution >= 4 is 11.0 Å². The number of furan rings is 1. The number of para-hydroxylation sites is 1. The standard InChI is InChI=1S/C14H9N3O2/c1-17-7-9(6-15)13(16-14(17)18)11-8-19-12-5-3-2-4-10(11)12/h2-5,7-8H,1H3. The summed E-state index contributed by atoms with van der Waals surface area (Å²) in [5.41, 5.74) is 1.65. The highest BCUT2D eigenvalue weighted by molar-refractivity contribution is 5.93. The first-order chi connectivity index (χ1) is 9.20. The van der Waals surface area contributed by atoms with Crippen LogP contribution in [0.15, 0.2) is 45.9 Å². The lowest BCUT2D eigenvalue weighted by Gasteiger charge is -2.02. The van der Waals surface area contributed by atoms with Gasteiger partial charge in [-0.3, -0.25) is 0 Å². The fourth-order valence-corrected chi connectivity index (χ4v) is 1.99. The van der Waals surface area contributed by atoms with Gasteiger partial charge >= 0.3 is 5.69 Å². The van der Waals surface area contributed by atoms with E-state index in [0.717, 1.165) is 5.39 Å². The Balaban J connectivity index is 2.36. The zero-order valence-electron chi connectivity index (χ0n) is 10.1. The van der Waals surface area contributed by atoms with Crippen LogP contribution in [0.25, 0.3) is 22.2 Å². The smallest absolute Gasteiger partial charge is 0.347 e. The van der Waals surface area contributed by atoms with Gasteiger partial charge in [-0.2, -0.15) is 10.2 Å². The van der Waals surface area contributed by atoms with Crippen molar-refractivity contribution in [3.05, 3.63) is 52.8 Å². The van der Waals surface area contributed by atoms with Gasteiger partial charge in [-0.25, -0.2) is 4.79 Å². The summed E-state index contributed by atoms with van der Waals surface area (Å²) in [6.07, 6.45) is 3.00. The molecule has 3 aromatic rings. The normalized spacial score (nSPS) is 10.5. The lowest BCUT2D eigenvalue weighted by molar-refractivity contribution is 0.616. The number of fused-ring (bicyclic) bond motifs is 1. The first-order valence-corrected chi connectivity index (χ1v) is 5.65. The summed E-state index contributed by atoms with van der Waals surface area (Å²) in [5, 5.41) is 10.0. The number of rotatable bonds is 1. The van der Waals surface area contributed by atoms with Crippen molar-refractivity contribution < 1.29 is 4.42 Å². The largest absolute Gasteiger partial charge is 0.464 e. The average Bonchev–Trinajstić information content (AvgIpc) is 2.85. The summed E-state index contributed by atoms with van der Waals surface area (Å²) in [6.45, 7) is 0. The number of benzene rings is 1. The van der Waals surface area contributed by atoms with Crippen LogP contribution in [0.3, 0.4) is 0 Å². The van der Waals surface area contributed by atoms with Crippen molar-refractivity contribution in [1.29, 1.82) is 5.26 Å². The molecule has 0 atom stereocenters. The first-order valence-electron chi connectivity index (χ1n) is 5.65. The predicted molar refractivity (Wildman–Crippen MR) is 69.4 cm³/mol. The molecule has 0 bridgehead atoms. The van der Waals surface area contributed by atoms with E-state index in [-0.39, 0.29) is 0 Å². The van der Waals surface area contributed by atoms with Crippen LogP contribution in [0.1, 0.15) is 5.56 Å². The summed E-state index contributed by atoms with van der Waals surface area (Å²) in [4.78, 5) is 15.6. The summed E-state index contributed by atoms with van der Waals surface area (Å²) in [5.74, 6) is 0. The van der Waals surface area contributed by atoms with Crippen LogP contribution in [-0.4, -0.2) is 9.55 Å². The van der Waals surface area contributed by atoms with Gasteiger partial charge in [0.25, 0.3) is 0 Å². The van der Waals surface area contributed by atoms with Gasteiger partial charge in [0.05, 0.1) is 11.3 Å². The maximum Gasteiger partial charge on any atom is 0.347 e. The van der Waals surface area contributed by atoms with Gasteiger partial charge in [0.15, 0.2) is 0 Å². The Kier molecular flexibility index (Phi) is 2.43. The third-order valence-corrected chi connectivity index (χ3v) is 2.94. The Morgan fingerprint density at radius 1 is 1.37 bits per heavy atom. The van der Waals surface area contributed by atoms with E-state index in [0.29, 0.717) is 22.4 Å². The molecule has 0 radical (unpaired) electrons. The summed E-state index contributed by atoms with van der Waals surface area (Å²) in [7, 11) is 1.56. The molecule has 0 aliphatic carbocycles. The third kappa shape index (κ3) is 1.70. The Hall–Kier alpha value is -2.87. The molecule has 92 valence electrons. The molecule has 0 amide bonds. The van der Waals surface area contributed by atoms with Crippen molar-refractivity contribution in [2.75, 3.05) is 0 Å². The molecule has 2 aromatic heterocycles. The van der Waals surface area contributed by atoms with Gasteiger partial charge < -0.3 is 8.98 Å². The van der Waals surface area contributed by atoms with Crippen molar-refractivity contribution in [1.82, 2.24) is 9.55 Å². The van der Waals surface area contributed by atoms with Gasteiger partial charge in [0, 0.05) is 24.2 Å². The zero-order chi connectivity index (χ0) is 13.4. The van der Waals surface area contributed by atoms with Crippen molar-refractivity contribution in [3.63, 3.8) is 0 Å². The minimum atomic E-state index is -0.403. The second-order valence-electron chi connectivity index (χ2n) is 4.15. The number of nitriles is 1. The number of nitrogens with zero attached hydrogens (tertiary/aromatic N) is 3. The SMILES string of the molecule is Cn1cc(C#N)c(-c2coc3ccccc23)nc1=O. The molecule has 3 rings (SSSR count). The first kappa shape index (κ1) is 11.2. The highest BCUT2D eigenvalue weighted by Crippen LogP contribution is 2.30. The minimum absolute atomic E-state index is 0.341. The second kappa shape index (κ2) is 4.10. The third-order valence-electron chi connectivity index (χ3n) is 2.94. The second-order valence-corrected chi connectivity index (χ2v) is 4.15. The fraction of sp³-hybridized carbons (Fsp3) is 0.0714. The minimum Gasteiger partial charge on any atom is -0.464 e. The lowest BCUT2D eigenvalue weighted by Crippen LogP contribution is -2.20. The quantitative estimate of drug-likeness (QED) is 0.663. The van der Waals surface area contributed by atoms with Gasteiger partial charge in [-0.1, -0.05) is 18.2 Å². The maximum absolute atomic E-state index is 11.7. The van der Waals surface area contributed by atoms with E-state index in [4.69, 9.17) is 9.68 Å². The molecule has 0 saturated heterocycles. The molecule has 19 heavy (non-hydrogen) atoms. The number of aryl methyl sites for hydroxylation is 1. The summed E-state index contributed by atoms with van der Waals surface area (Å²) in [6, 6.07) is 9.48. The predicted octanol–water partition coefficient (Wildman–Crippen LogP) is 2.07. The summed E-state index contributed by atoms with van der Waals surface area (Å²) >= 11 is 0. The average molecular weight is 251 g/mol. The molecule has 0 unspecified atom stereocenters. The van der Waals surface area contributed by atoms with E-state index in [1.165, 1.54) is 17.0 Å². The van der Waals surface area contributed by atoms with Crippen LogP contribution in [0.4, 0.5) is 0 Å². The van der Waals surface area contributed by atoms with E-state index >= 15 is 0 Å². The maximum atomic E-state index is 11.7. The molecular formula is C14H9N3O2. The van der Waals surface area contributed by atoms with Crippen LogP contribution in [0.5, 0.6) is 0 Å². The van der Waals surface area contributed by atoms with Crippen LogP contribution >= 0.6 is 0 Å². The van der Waals surface area contributed by atoms with E-state index < -0.39 is 5.69 Å².